The number of carboxylic acids is 1. The third-order valence-electron chi connectivity index (χ3n) is 10.5. The molecule has 1 aromatic carbocycles. The van der Waals surface area contributed by atoms with Gasteiger partial charge in [-0.25, -0.2) is 4.79 Å². The number of aliphatic carboxylic acids is 1. The van der Waals surface area contributed by atoms with Crippen LogP contribution in [0.3, 0.4) is 0 Å². The number of rotatable bonds is 22. The number of nitrogens with two attached hydrogens (primary N) is 4. The van der Waals surface area contributed by atoms with Crippen molar-refractivity contribution in [3.63, 3.8) is 0 Å². The third kappa shape index (κ3) is 14.4. The summed E-state index contributed by atoms with van der Waals surface area (Å²) in [5.74, 6) is -6.35. The lowest BCUT2D eigenvalue weighted by molar-refractivity contribution is -0.145. The Morgan fingerprint density at radius 1 is 0.831 bits per heavy atom. The Labute approximate surface area is 342 Å². The van der Waals surface area contributed by atoms with Crippen LogP contribution in [-0.2, 0) is 44.8 Å². The number of phenols is 1. The van der Waals surface area contributed by atoms with Crippen LogP contribution in [0.15, 0.2) is 29.3 Å². The lowest BCUT2D eigenvalue weighted by Crippen LogP contribution is -2.57. The summed E-state index contributed by atoms with van der Waals surface area (Å²) in [5, 5.41) is 29.6. The Morgan fingerprint density at radius 2 is 1.41 bits per heavy atom. The first-order valence-electron chi connectivity index (χ1n) is 19.8. The predicted molar refractivity (Wildman–Crippen MR) is 213 cm³/mol. The molecular formula is C38H59N11O10. The maximum Gasteiger partial charge on any atom is 0.326 e. The first-order chi connectivity index (χ1) is 27.9. The van der Waals surface area contributed by atoms with E-state index in [0.29, 0.717) is 37.8 Å². The molecule has 0 saturated carbocycles. The van der Waals surface area contributed by atoms with E-state index in [1.807, 2.05) is 13.8 Å². The van der Waals surface area contributed by atoms with Crippen molar-refractivity contribution < 1.29 is 48.6 Å². The van der Waals surface area contributed by atoms with Gasteiger partial charge in [0.1, 0.15) is 36.0 Å². The molecule has 3 rings (SSSR count). The van der Waals surface area contributed by atoms with Crippen molar-refractivity contribution in [1.29, 1.82) is 0 Å². The van der Waals surface area contributed by atoms with Crippen LogP contribution in [0.1, 0.15) is 77.2 Å². The number of guanidine groups is 1. The number of hydrogen-bond acceptors (Lipinski definition) is 11. The molecule has 2 heterocycles. The van der Waals surface area contributed by atoms with E-state index in [9.17, 15) is 48.6 Å². The number of carbonyl (C=O) groups is 8. The second kappa shape index (κ2) is 22.8. The molecule has 21 nitrogen and oxygen atoms in total. The van der Waals surface area contributed by atoms with E-state index >= 15 is 0 Å². The average molecular weight is 830 g/mol. The molecule has 0 bridgehead atoms. The summed E-state index contributed by atoms with van der Waals surface area (Å²) in [5.41, 5.74) is 22.7. The van der Waals surface area contributed by atoms with Gasteiger partial charge < -0.3 is 64.2 Å². The molecule has 7 atom stereocenters. The Bertz CT molecular complexity index is 1700. The number of phenolic OH excluding ortho intramolecular Hbond substituents is 1. The van der Waals surface area contributed by atoms with E-state index in [0.717, 1.165) is 0 Å². The van der Waals surface area contributed by atoms with E-state index in [1.165, 1.54) is 21.9 Å². The standard InChI is InChI=1S/C38H59N11O10/c1-3-21(2)31(40)36(57)49-18-6-9-28(49)34(55)47-26(19-22-10-12-23(50)13-11-22)32(53)44-20-30(52)45-24(14-15-29(39)51)35(56)48-17-5-8-27(48)33(54)46-25(37(58)59)7-4-16-43-38(41)42/h10-13,21,24-28,31,50H,3-9,14-20,40H2,1-2H3,(H2,39,51)(H,44,53)(H,45,52)(H,46,54)(H,47,55)(H,58,59)(H4,41,42,43)/t21-,24-,25-,26-,27-,28-,31-/m0/s1. The van der Waals surface area contributed by atoms with E-state index in [-0.39, 0.29) is 75.1 Å². The number of aromatic hydroxyl groups is 1. The highest BCUT2D eigenvalue weighted by molar-refractivity contribution is 5.96. The monoisotopic (exact) mass is 829 g/mol. The van der Waals surface area contributed by atoms with Crippen molar-refractivity contribution >= 4 is 53.3 Å². The Hall–Kier alpha value is -5.99. The molecule has 2 saturated heterocycles. The van der Waals surface area contributed by atoms with Gasteiger partial charge in [-0.05, 0) is 68.6 Å². The quantitative estimate of drug-likeness (QED) is 0.0323. The van der Waals surface area contributed by atoms with Crippen LogP contribution in [0.2, 0.25) is 0 Å². The largest absolute Gasteiger partial charge is 0.508 e. The minimum Gasteiger partial charge on any atom is -0.508 e. The molecular weight excluding hydrogens is 770 g/mol. The molecule has 0 spiro atoms. The van der Waals surface area contributed by atoms with Crippen molar-refractivity contribution in [2.45, 2.75) is 114 Å². The second-order valence-corrected chi connectivity index (χ2v) is 14.9. The van der Waals surface area contributed by atoms with Crippen molar-refractivity contribution in [2.75, 3.05) is 26.2 Å². The molecule has 21 heteroatoms. The highest BCUT2D eigenvalue weighted by Gasteiger charge is 2.40. The topological polar surface area (TPSA) is 348 Å². The Balaban J connectivity index is 1.71. The van der Waals surface area contributed by atoms with Gasteiger partial charge >= 0.3 is 5.97 Å². The van der Waals surface area contributed by atoms with Gasteiger partial charge in [0.05, 0.1) is 12.6 Å². The second-order valence-electron chi connectivity index (χ2n) is 14.9. The number of nitrogens with one attached hydrogen (secondary N) is 4. The Kier molecular flexibility index (Phi) is 18.3. The fourth-order valence-corrected chi connectivity index (χ4v) is 6.95. The van der Waals surface area contributed by atoms with Crippen LogP contribution in [-0.4, -0.2) is 136 Å². The maximum atomic E-state index is 13.8. The molecule has 326 valence electrons. The average Bonchev–Trinajstić information content (AvgIpc) is 3.90. The number of likely N-dealkylation sites (tertiary alicyclic amines) is 2. The normalized spacial score (nSPS) is 18.7. The van der Waals surface area contributed by atoms with Gasteiger partial charge in [-0.1, -0.05) is 32.4 Å². The zero-order chi connectivity index (χ0) is 43.8. The molecule has 2 aliphatic rings. The summed E-state index contributed by atoms with van der Waals surface area (Å²) in [6.07, 6.45) is 1.81. The number of primary amides is 1. The van der Waals surface area contributed by atoms with Crippen LogP contribution in [0.5, 0.6) is 5.75 Å². The smallest absolute Gasteiger partial charge is 0.326 e. The number of carbonyl (C=O) groups excluding carboxylic acids is 7. The molecule has 0 unspecified atom stereocenters. The highest BCUT2D eigenvalue weighted by atomic mass is 16.4. The van der Waals surface area contributed by atoms with Gasteiger partial charge in [0.25, 0.3) is 0 Å². The highest BCUT2D eigenvalue weighted by Crippen LogP contribution is 2.22. The van der Waals surface area contributed by atoms with Crippen molar-refractivity contribution in [3.8, 4) is 5.75 Å². The molecule has 0 aromatic heterocycles. The minimum absolute atomic E-state index is 0.00675. The van der Waals surface area contributed by atoms with Gasteiger partial charge in [0.2, 0.25) is 41.4 Å². The van der Waals surface area contributed by atoms with E-state index in [4.69, 9.17) is 22.9 Å². The predicted octanol–water partition coefficient (Wildman–Crippen LogP) is -2.74. The Morgan fingerprint density at radius 3 is 1.95 bits per heavy atom. The molecule has 1 aromatic rings. The van der Waals surface area contributed by atoms with Crippen molar-refractivity contribution in [3.05, 3.63) is 29.8 Å². The summed E-state index contributed by atoms with van der Waals surface area (Å²) < 4.78 is 0. The molecule has 14 N–H and O–H groups in total. The molecule has 2 fully saturated rings. The molecule has 2 aliphatic heterocycles. The number of amides is 7. The maximum absolute atomic E-state index is 13.8. The summed E-state index contributed by atoms with van der Waals surface area (Å²) >= 11 is 0. The van der Waals surface area contributed by atoms with Crippen LogP contribution in [0, 0.1) is 5.92 Å². The fraction of sp³-hybridized carbons (Fsp3) is 0.605. The number of aliphatic imine (C=N–C) groups is 1. The van der Waals surface area contributed by atoms with Gasteiger partial charge in [-0.3, -0.25) is 38.6 Å². The van der Waals surface area contributed by atoms with Gasteiger partial charge in [-0.15, -0.1) is 0 Å². The number of carboxylic acid groups (broad SMARTS) is 1. The number of benzene rings is 1. The van der Waals surface area contributed by atoms with Crippen LogP contribution < -0.4 is 44.2 Å². The summed E-state index contributed by atoms with van der Waals surface area (Å²) in [6, 6.07) is -0.707. The lowest BCUT2D eigenvalue weighted by Gasteiger charge is -2.30. The zero-order valence-electron chi connectivity index (χ0n) is 33.6. The number of nitrogens with zero attached hydrogens (tertiary/aromatic N) is 3. The van der Waals surface area contributed by atoms with Crippen LogP contribution >= 0.6 is 0 Å². The molecule has 7 amide bonds. The minimum atomic E-state index is -1.35. The van der Waals surface area contributed by atoms with Gasteiger partial charge in [0, 0.05) is 32.5 Å². The van der Waals surface area contributed by atoms with E-state index in [1.54, 1.807) is 12.1 Å². The van der Waals surface area contributed by atoms with Crippen LogP contribution in [0.4, 0.5) is 0 Å². The lowest BCUT2D eigenvalue weighted by atomic mass is 9.98. The molecule has 0 radical (unpaired) electrons. The molecule has 59 heavy (non-hydrogen) atoms. The third-order valence-corrected chi connectivity index (χ3v) is 10.5. The summed E-state index contributed by atoms with van der Waals surface area (Å²) in [4.78, 5) is 111. The van der Waals surface area contributed by atoms with Crippen LogP contribution in [0.25, 0.3) is 0 Å². The number of hydrogen-bond donors (Lipinski definition) is 10. The van der Waals surface area contributed by atoms with Crippen molar-refractivity contribution in [1.82, 2.24) is 31.1 Å². The summed E-state index contributed by atoms with van der Waals surface area (Å²) in [6.45, 7) is 3.65. The van der Waals surface area contributed by atoms with Crippen molar-refractivity contribution in [2.24, 2.45) is 33.8 Å². The summed E-state index contributed by atoms with van der Waals surface area (Å²) in [7, 11) is 0. The SMILES string of the molecule is CC[C@H](C)[C@H](N)C(=O)N1CCC[C@H]1C(=O)N[C@@H](Cc1ccc(O)cc1)C(=O)NCC(=O)N[C@@H](CCC(N)=O)C(=O)N1CCC[C@H]1C(=O)N[C@@H](CCCN=C(N)N)C(=O)O. The molecule has 0 aliphatic carbocycles. The van der Waals surface area contributed by atoms with E-state index < -0.39 is 84.2 Å². The van der Waals surface area contributed by atoms with E-state index in [2.05, 4.69) is 26.3 Å². The fourth-order valence-electron chi connectivity index (χ4n) is 6.95. The van der Waals surface area contributed by atoms with Gasteiger partial charge in [-0.2, -0.15) is 0 Å². The first kappa shape index (κ1) is 47.4. The zero-order valence-corrected chi connectivity index (χ0v) is 33.6. The first-order valence-corrected chi connectivity index (χ1v) is 19.8. The van der Waals surface area contributed by atoms with Gasteiger partial charge in [0.15, 0.2) is 5.96 Å².